The number of amides is 2. The van der Waals surface area contributed by atoms with Crippen molar-refractivity contribution in [2.24, 2.45) is 5.73 Å². The molecule has 0 unspecified atom stereocenters. The SMILES string of the molecule is CN1CCN(c2cccc(C3(N)CCC3)c2)C1=O. The van der Waals surface area contributed by atoms with Crippen LogP contribution < -0.4 is 10.6 Å². The summed E-state index contributed by atoms with van der Waals surface area (Å²) in [6.45, 7) is 1.55. The van der Waals surface area contributed by atoms with Gasteiger partial charge in [0, 0.05) is 31.4 Å². The number of carbonyl (C=O) groups is 1. The summed E-state index contributed by atoms with van der Waals surface area (Å²) < 4.78 is 0. The summed E-state index contributed by atoms with van der Waals surface area (Å²) in [4.78, 5) is 15.5. The average molecular weight is 245 g/mol. The second-order valence-electron chi connectivity index (χ2n) is 5.42. The minimum absolute atomic E-state index is 0.0758. The maximum absolute atomic E-state index is 12.0. The lowest BCUT2D eigenvalue weighted by Crippen LogP contribution is -2.43. The number of carbonyl (C=O) groups excluding carboxylic acids is 1. The number of rotatable bonds is 2. The molecule has 0 spiro atoms. The molecule has 1 aliphatic heterocycles. The van der Waals surface area contributed by atoms with E-state index in [0.717, 1.165) is 37.2 Å². The van der Waals surface area contributed by atoms with E-state index in [1.807, 2.05) is 24.1 Å². The lowest BCUT2D eigenvalue weighted by molar-refractivity contribution is 0.229. The zero-order valence-electron chi connectivity index (χ0n) is 10.7. The number of benzene rings is 1. The summed E-state index contributed by atoms with van der Waals surface area (Å²) in [5, 5.41) is 0. The minimum atomic E-state index is -0.162. The van der Waals surface area contributed by atoms with Crippen molar-refractivity contribution < 1.29 is 4.79 Å². The third kappa shape index (κ3) is 1.68. The van der Waals surface area contributed by atoms with Gasteiger partial charge in [-0.05, 0) is 37.0 Å². The van der Waals surface area contributed by atoms with Crippen molar-refractivity contribution in [1.29, 1.82) is 0 Å². The molecule has 0 radical (unpaired) electrons. The van der Waals surface area contributed by atoms with Gasteiger partial charge in [0.15, 0.2) is 0 Å². The van der Waals surface area contributed by atoms with Gasteiger partial charge in [-0.15, -0.1) is 0 Å². The van der Waals surface area contributed by atoms with E-state index in [-0.39, 0.29) is 11.6 Å². The molecule has 0 aromatic heterocycles. The lowest BCUT2D eigenvalue weighted by Gasteiger charge is -2.39. The van der Waals surface area contributed by atoms with E-state index in [9.17, 15) is 4.79 Å². The number of nitrogens with two attached hydrogens (primary N) is 1. The van der Waals surface area contributed by atoms with Crippen molar-refractivity contribution in [1.82, 2.24) is 4.90 Å². The first-order valence-corrected chi connectivity index (χ1v) is 6.52. The number of urea groups is 1. The topological polar surface area (TPSA) is 49.6 Å². The van der Waals surface area contributed by atoms with Crippen molar-refractivity contribution in [3.63, 3.8) is 0 Å². The van der Waals surface area contributed by atoms with Crippen LogP contribution in [0.1, 0.15) is 24.8 Å². The summed E-state index contributed by atoms with van der Waals surface area (Å²) >= 11 is 0. The average Bonchev–Trinajstić information content (AvgIpc) is 2.67. The molecule has 2 N–H and O–H groups in total. The van der Waals surface area contributed by atoms with Gasteiger partial charge < -0.3 is 10.6 Å². The van der Waals surface area contributed by atoms with Crippen LogP contribution in [-0.2, 0) is 5.54 Å². The van der Waals surface area contributed by atoms with Gasteiger partial charge in [0.2, 0.25) is 0 Å². The molecule has 1 aliphatic carbocycles. The van der Waals surface area contributed by atoms with Crippen LogP contribution >= 0.6 is 0 Å². The number of hydrogen-bond acceptors (Lipinski definition) is 2. The molecule has 1 aromatic rings. The van der Waals surface area contributed by atoms with Gasteiger partial charge >= 0.3 is 6.03 Å². The van der Waals surface area contributed by atoms with Crippen molar-refractivity contribution in [3.05, 3.63) is 29.8 Å². The quantitative estimate of drug-likeness (QED) is 0.865. The second kappa shape index (κ2) is 3.99. The van der Waals surface area contributed by atoms with Crippen LogP contribution in [0.4, 0.5) is 10.5 Å². The molecule has 3 rings (SSSR count). The first kappa shape index (κ1) is 11.5. The maximum atomic E-state index is 12.0. The Kier molecular flexibility index (Phi) is 2.55. The van der Waals surface area contributed by atoms with Gasteiger partial charge in [-0.3, -0.25) is 4.90 Å². The van der Waals surface area contributed by atoms with Crippen LogP contribution in [-0.4, -0.2) is 31.1 Å². The van der Waals surface area contributed by atoms with Crippen LogP contribution in [0.5, 0.6) is 0 Å². The van der Waals surface area contributed by atoms with E-state index >= 15 is 0 Å². The standard InChI is InChI=1S/C14H19N3O/c1-16-8-9-17(13(16)18)12-5-2-4-11(10-12)14(15)6-3-7-14/h2,4-5,10H,3,6-9,15H2,1H3. The van der Waals surface area contributed by atoms with E-state index in [2.05, 4.69) is 12.1 Å². The summed E-state index contributed by atoms with van der Waals surface area (Å²) in [7, 11) is 1.84. The molecule has 1 saturated heterocycles. The largest absolute Gasteiger partial charge is 0.326 e. The molecule has 4 nitrogen and oxygen atoms in total. The summed E-state index contributed by atoms with van der Waals surface area (Å²) in [5.74, 6) is 0. The Morgan fingerprint density at radius 1 is 1.28 bits per heavy atom. The lowest BCUT2D eigenvalue weighted by atomic mass is 9.73. The molecule has 2 fully saturated rings. The zero-order valence-corrected chi connectivity index (χ0v) is 10.7. The third-order valence-corrected chi connectivity index (χ3v) is 4.19. The van der Waals surface area contributed by atoms with Gasteiger partial charge in [-0.2, -0.15) is 0 Å². The summed E-state index contributed by atoms with van der Waals surface area (Å²) in [6, 6.07) is 8.22. The van der Waals surface area contributed by atoms with Crippen molar-refractivity contribution in [3.8, 4) is 0 Å². The summed E-state index contributed by atoms with van der Waals surface area (Å²) in [5.41, 5.74) is 8.31. The molecule has 2 aliphatic rings. The fourth-order valence-corrected chi connectivity index (χ4v) is 2.72. The fourth-order valence-electron chi connectivity index (χ4n) is 2.72. The number of hydrogen-bond donors (Lipinski definition) is 1. The molecule has 1 aromatic carbocycles. The Labute approximate surface area is 107 Å². The highest BCUT2D eigenvalue weighted by Gasteiger charge is 2.35. The Morgan fingerprint density at radius 2 is 2.06 bits per heavy atom. The zero-order chi connectivity index (χ0) is 12.8. The number of anilines is 1. The molecule has 96 valence electrons. The van der Waals surface area contributed by atoms with E-state index in [0.29, 0.717) is 0 Å². The van der Waals surface area contributed by atoms with E-state index in [1.54, 1.807) is 4.90 Å². The van der Waals surface area contributed by atoms with Crippen molar-refractivity contribution in [2.75, 3.05) is 25.0 Å². The Hall–Kier alpha value is -1.55. The van der Waals surface area contributed by atoms with Crippen LogP contribution in [0.3, 0.4) is 0 Å². The van der Waals surface area contributed by atoms with Crippen LogP contribution in [0.25, 0.3) is 0 Å². The molecule has 1 heterocycles. The Balaban J connectivity index is 1.89. The molecule has 0 bridgehead atoms. The van der Waals surface area contributed by atoms with E-state index < -0.39 is 0 Å². The van der Waals surface area contributed by atoms with E-state index in [4.69, 9.17) is 5.73 Å². The van der Waals surface area contributed by atoms with Gasteiger partial charge in [-0.1, -0.05) is 12.1 Å². The molecule has 18 heavy (non-hydrogen) atoms. The van der Waals surface area contributed by atoms with Crippen LogP contribution in [0.15, 0.2) is 24.3 Å². The molecular formula is C14H19N3O. The first-order chi connectivity index (χ1) is 8.60. The highest BCUT2D eigenvalue weighted by Crippen LogP contribution is 2.39. The Morgan fingerprint density at radius 3 is 2.61 bits per heavy atom. The van der Waals surface area contributed by atoms with Gasteiger partial charge in [0.25, 0.3) is 0 Å². The van der Waals surface area contributed by atoms with Crippen molar-refractivity contribution in [2.45, 2.75) is 24.8 Å². The van der Waals surface area contributed by atoms with Crippen LogP contribution in [0.2, 0.25) is 0 Å². The summed E-state index contributed by atoms with van der Waals surface area (Å²) in [6.07, 6.45) is 3.29. The second-order valence-corrected chi connectivity index (χ2v) is 5.42. The number of likely N-dealkylation sites (N-methyl/N-ethyl adjacent to an activating group) is 1. The van der Waals surface area contributed by atoms with Gasteiger partial charge in [0.1, 0.15) is 0 Å². The maximum Gasteiger partial charge on any atom is 0.324 e. The van der Waals surface area contributed by atoms with E-state index in [1.165, 1.54) is 6.42 Å². The molecule has 1 saturated carbocycles. The predicted octanol–water partition coefficient (Wildman–Crippen LogP) is 1.90. The fraction of sp³-hybridized carbons (Fsp3) is 0.500. The monoisotopic (exact) mass is 245 g/mol. The molecule has 2 amide bonds. The highest BCUT2D eigenvalue weighted by molar-refractivity contribution is 5.94. The van der Waals surface area contributed by atoms with Crippen molar-refractivity contribution >= 4 is 11.7 Å². The smallest absolute Gasteiger partial charge is 0.324 e. The predicted molar refractivity (Wildman–Crippen MR) is 71.5 cm³/mol. The minimum Gasteiger partial charge on any atom is -0.326 e. The Bertz CT molecular complexity index is 482. The highest BCUT2D eigenvalue weighted by atomic mass is 16.2. The molecule has 4 heteroatoms. The third-order valence-electron chi connectivity index (χ3n) is 4.19. The molecule has 0 atom stereocenters. The normalized spacial score (nSPS) is 22.2. The first-order valence-electron chi connectivity index (χ1n) is 6.52. The van der Waals surface area contributed by atoms with Crippen LogP contribution in [0, 0.1) is 0 Å². The number of nitrogens with zero attached hydrogens (tertiary/aromatic N) is 2. The van der Waals surface area contributed by atoms with Gasteiger partial charge in [-0.25, -0.2) is 4.79 Å². The van der Waals surface area contributed by atoms with Gasteiger partial charge in [0.05, 0.1) is 0 Å². The molecular weight excluding hydrogens is 226 g/mol.